The number of halogens is 1. The van der Waals surface area contributed by atoms with Crippen molar-refractivity contribution in [1.82, 2.24) is 5.32 Å². The Bertz CT molecular complexity index is 1230. The molecule has 9 heteroatoms. The van der Waals surface area contributed by atoms with Gasteiger partial charge in [-0.15, -0.1) is 0 Å². The summed E-state index contributed by atoms with van der Waals surface area (Å²) in [7, 11) is -3.96. The molecule has 0 unspecified atom stereocenters. The summed E-state index contributed by atoms with van der Waals surface area (Å²) in [4.78, 5) is 12.9. The van der Waals surface area contributed by atoms with Gasteiger partial charge in [0.05, 0.1) is 17.2 Å². The molecule has 1 amide bonds. The van der Waals surface area contributed by atoms with Gasteiger partial charge >= 0.3 is 0 Å². The molecule has 0 aromatic heterocycles. The lowest BCUT2D eigenvalue weighted by Gasteiger charge is -2.24. The van der Waals surface area contributed by atoms with E-state index in [-0.39, 0.29) is 17.3 Å². The number of carbonyl (C=O) groups is 1. The summed E-state index contributed by atoms with van der Waals surface area (Å²) in [5, 5.41) is 2.86. The Kier molecular flexibility index (Phi) is 10.7. The van der Waals surface area contributed by atoms with Crippen LogP contribution < -0.4 is 14.4 Å². The molecule has 0 aliphatic heterocycles. The molecule has 0 fully saturated rings. The number of benzene rings is 3. The van der Waals surface area contributed by atoms with Gasteiger partial charge in [0.1, 0.15) is 12.3 Å². The predicted molar refractivity (Wildman–Crippen MR) is 151 cm³/mol. The normalized spacial score (nSPS) is 11.2. The second-order valence-corrected chi connectivity index (χ2v) is 12.0. The Morgan fingerprint density at radius 1 is 1.06 bits per heavy atom. The maximum atomic E-state index is 13.5. The zero-order chi connectivity index (χ0) is 26.0. The van der Waals surface area contributed by atoms with Gasteiger partial charge in [0.25, 0.3) is 10.0 Å². The highest BCUT2D eigenvalue weighted by atomic mass is 79.9. The third-order valence-electron chi connectivity index (χ3n) is 5.26. The summed E-state index contributed by atoms with van der Waals surface area (Å²) in [6, 6.07) is 21.5. The van der Waals surface area contributed by atoms with Gasteiger partial charge in [-0.2, -0.15) is 11.8 Å². The molecule has 0 bridgehead atoms. The molecule has 0 saturated carbocycles. The Morgan fingerprint density at radius 3 is 2.44 bits per heavy atom. The standard InChI is InChI=1S/C27H31BrN2O4S2/c1-3-34-25-12-10-24(11-13-25)30(36(32,33)26-14-8-23(28)9-15-26)19-27(31)29-16-5-17-35-20-22-7-4-6-21(2)18-22/h4,6-15,18H,3,5,16-17,19-20H2,1-2H3,(H,29,31). The predicted octanol–water partition coefficient (Wildman–Crippen LogP) is 5.79. The van der Waals surface area contributed by atoms with Crippen LogP contribution in [0.5, 0.6) is 5.75 Å². The fourth-order valence-electron chi connectivity index (χ4n) is 3.50. The second-order valence-electron chi connectivity index (χ2n) is 8.14. The number of nitrogens with one attached hydrogen (secondary N) is 1. The number of anilines is 1. The number of ether oxygens (including phenoxy) is 1. The largest absolute Gasteiger partial charge is 0.494 e. The fraction of sp³-hybridized carbons (Fsp3) is 0.296. The number of aryl methyl sites for hydroxylation is 1. The van der Waals surface area contributed by atoms with E-state index < -0.39 is 10.0 Å². The van der Waals surface area contributed by atoms with Crippen molar-refractivity contribution in [2.45, 2.75) is 30.9 Å². The van der Waals surface area contributed by atoms with Crippen LogP contribution in [0.25, 0.3) is 0 Å². The molecule has 0 aliphatic carbocycles. The van der Waals surface area contributed by atoms with E-state index >= 15 is 0 Å². The van der Waals surface area contributed by atoms with Crippen LogP contribution in [0.15, 0.2) is 82.2 Å². The van der Waals surface area contributed by atoms with Crippen molar-refractivity contribution in [3.63, 3.8) is 0 Å². The third-order valence-corrected chi connectivity index (χ3v) is 8.69. The quantitative estimate of drug-likeness (QED) is 0.255. The highest BCUT2D eigenvalue weighted by Crippen LogP contribution is 2.26. The summed E-state index contributed by atoms with van der Waals surface area (Å²) in [6.45, 7) is 4.63. The number of hydrogen-bond donors (Lipinski definition) is 1. The van der Waals surface area contributed by atoms with E-state index in [1.54, 1.807) is 36.4 Å². The minimum Gasteiger partial charge on any atom is -0.494 e. The minimum absolute atomic E-state index is 0.111. The van der Waals surface area contributed by atoms with Gasteiger partial charge in [-0.1, -0.05) is 45.8 Å². The number of thioether (sulfide) groups is 1. The number of hydrogen-bond acceptors (Lipinski definition) is 5. The van der Waals surface area contributed by atoms with Crippen LogP contribution in [0, 0.1) is 6.92 Å². The topological polar surface area (TPSA) is 75.7 Å². The van der Waals surface area contributed by atoms with Crippen molar-refractivity contribution >= 4 is 49.3 Å². The van der Waals surface area contributed by atoms with Gasteiger partial charge in [0.15, 0.2) is 0 Å². The first-order valence-corrected chi connectivity index (χ1v) is 15.1. The van der Waals surface area contributed by atoms with Crippen molar-refractivity contribution < 1.29 is 17.9 Å². The summed E-state index contributed by atoms with van der Waals surface area (Å²) in [6.07, 6.45) is 0.796. The van der Waals surface area contributed by atoms with Crippen LogP contribution in [-0.4, -0.2) is 39.8 Å². The van der Waals surface area contributed by atoms with Gasteiger partial charge in [0, 0.05) is 16.8 Å². The average Bonchev–Trinajstić information content (AvgIpc) is 2.86. The van der Waals surface area contributed by atoms with Crippen molar-refractivity contribution in [2.75, 3.05) is 29.8 Å². The fourth-order valence-corrected chi connectivity index (χ4v) is 6.10. The van der Waals surface area contributed by atoms with Crippen LogP contribution in [-0.2, 0) is 20.6 Å². The van der Waals surface area contributed by atoms with Gasteiger partial charge in [-0.3, -0.25) is 9.10 Å². The zero-order valence-electron chi connectivity index (χ0n) is 20.4. The summed E-state index contributed by atoms with van der Waals surface area (Å²) < 4.78 is 34.3. The van der Waals surface area contributed by atoms with Crippen LogP contribution >= 0.6 is 27.7 Å². The lowest BCUT2D eigenvalue weighted by molar-refractivity contribution is -0.119. The minimum atomic E-state index is -3.96. The van der Waals surface area contributed by atoms with E-state index in [0.29, 0.717) is 24.6 Å². The Hall–Kier alpha value is -2.49. The second kappa shape index (κ2) is 13.7. The SMILES string of the molecule is CCOc1ccc(N(CC(=O)NCCCSCc2cccc(C)c2)S(=O)(=O)c2ccc(Br)cc2)cc1. The van der Waals surface area contributed by atoms with E-state index in [2.05, 4.69) is 52.4 Å². The van der Waals surface area contributed by atoms with E-state index in [4.69, 9.17) is 4.74 Å². The molecule has 0 atom stereocenters. The third kappa shape index (κ3) is 8.28. The number of rotatable bonds is 13. The number of carbonyl (C=O) groups excluding carboxylic acids is 1. The van der Waals surface area contributed by atoms with Crippen molar-refractivity contribution in [3.05, 3.63) is 88.4 Å². The number of sulfonamides is 1. The van der Waals surface area contributed by atoms with Gasteiger partial charge in [-0.25, -0.2) is 8.42 Å². The lowest BCUT2D eigenvalue weighted by atomic mass is 10.2. The monoisotopic (exact) mass is 590 g/mol. The van der Waals surface area contributed by atoms with Gasteiger partial charge in [0.2, 0.25) is 5.91 Å². The Morgan fingerprint density at radius 2 is 1.78 bits per heavy atom. The average molecular weight is 592 g/mol. The van der Waals surface area contributed by atoms with E-state index in [1.807, 2.05) is 18.7 Å². The molecule has 192 valence electrons. The highest BCUT2D eigenvalue weighted by Gasteiger charge is 2.27. The zero-order valence-corrected chi connectivity index (χ0v) is 23.7. The number of amides is 1. The maximum Gasteiger partial charge on any atom is 0.264 e. The van der Waals surface area contributed by atoms with Crippen LogP contribution in [0.2, 0.25) is 0 Å². The molecule has 3 aromatic carbocycles. The molecule has 6 nitrogen and oxygen atoms in total. The van der Waals surface area contributed by atoms with E-state index in [9.17, 15) is 13.2 Å². The summed E-state index contributed by atoms with van der Waals surface area (Å²) in [5.41, 5.74) is 2.92. The van der Waals surface area contributed by atoms with E-state index in [0.717, 1.165) is 26.7 Å². The Balaban J connectivity index is 1.61. The molecule has 3 rings (SSSR count). The molecule has 0 aliphatic rings. The molecule has 3 aromatic rings. The van der Waals surface area contributed by atoms with E-state index in [1.165, 1.54) is 23.3 Å². The van der Waals surface area contributed by atoms with Crippen molar-refractivity contribution in [1.29, 1.82) is 0 Å². The lowest BCUT2D eigenvalue weighted by Crippen LogP contribution is -2.41. The first-order chi connectivity index (χ1) is 17.3. The smallest absolute Gasteiger partial charge is 0.264 e. The molecular weight excluding hydrogens is 560 g/mol. The molecule has 1 N–H and O–H groups in total. The molecule has 0 heterocycles. The van der Waals surface area contributed by atoms with Crippen LogP contribution in [0.3, 0.4) is 0 Å². The summed E-state index contributed by atoms with van der Waals surface area (Å²) >= 11 is 5.14. The molecule has 36 heavy (non-hydrogen) atoms. The molecule has 0 saturated heterocycles. The highest BCUT2D eigenvalue weighted by molar-refractivity contribution is 9.10. The number of nitrogens with zero attached hydrogens (tertiary/aromatic N) is 1. The van der Waals surface area contributed by atoms with Crippen LogP contribution in [0.4, 0.5) is 5.69 Å². The Labute approximate surface area is 226 Å². The van der Waals surface area contributed by atoms with Gasteiger partial charge in [-0.05, 0) is 80.1 Å². The maximum absolute atomic E-state index is 13.5. The van der Waals surface area contributed by atoms with Crippen molar-refractivity contribution in [3.8, 4) is 5.75 Å². The first kappa shape index (κ1) is 28.1. The first-order valence-electron chi connectivity index (χ1n) is 11.7. The molecular formula is C27H31BrN2O4S2. The van der Waals surface area contributed by atoms with Gasteiger partial charge < -0.3 is 10.1 Å². The van der Waals surface area contributed by atoms with Crippen molar-refractivity contribution in [2.24, 2.45) is 0 Å². The molecule has 0 radical (unpaired) electrons. The summed E-state index contributed by atoms with van der Waals surface area (Å²) in [5.74, 6) is 2.10. The van der Waals surface area contributed by atoms with Crippen LogP contribution in [0.1, 0.15) is 24.5 Å². The molecule has 0 spiro atoms.